The number of nitrogens with one attached hydrogen (secondary N) is 2. The van der Waals surface area contributed by atoms with Crippen LogP contribution in [0.3, 0.4) is 0 Å². The highest BCUT2D eigenvalue weighted by atomic mass is 16.3. The Morgan fingerprint density at radius 2 is 1.97 bits per heavy atom. The number of aliphatic hydroxyl groups excluding tert-OH is 1. The zero-order valence-electron chi connectivity index (χ0n) is 17.5. The van der Waals surface area contributed by atoms with Gasteiger partial charge in [-0.2, -0.15) is 5.26 Å². The highest BCUT2D eigenvalue weighted by Crippen LogP contribution is 2.37. The van der Waals surface area contributed by atoms with E-state index in [0.29, 0.717) is 29.5 Å². The number of nitrogens with zero attached hydrogens (tertiary/aromatic N) is 3. The predicted molar refractivity (Wildman–Crippen MR) is 115 cm³/mol. The second kappa shape index (κ2) is 8.50. The average Bonchev–Trinajstić information content (AvgIpc) is 3.34. The van der Waals surface area contributed by atoms with Crippen LogP contribution in [0, 0.1) is 23.2 Å². The number of amides is 1. The fourth-order valence-corrected chi connectivity index (χ4v) is 4.83. The van der Waals surface area contributed by atoms with Crippen LogP contribution in [0.15, 0.2) is 36.5 Å². The van der Waals surface area contributed by atoms with Gasteiger partial charge in [0.05, 0.1) is 12.1 Å². The molecule has 158 valence electrons. The normalized spacial score (nSPS) is 26.1. The Morgan fingerprint density at radius 1 is 1.27 bits per heavy atom. The molecule has 2 aromatic rings. The van der Waals surface area contributed by atoms with Gasteiger partial charge in [0.15, 0.2) is 0 Å². The highest BCUT2D eigenvalue weighted by Gasteiger charge is 2.42. The van der Waals surface area contributed by atoms with E-state index in [0.717, 1.165) is 37.3 Å². The summed E-state index contributed by atoms with van der Waals surface area (Å²) in [6.07, 6.45) is 2.87. The summed E-state index contributed by atoms with van der Waals surface area (Å²) in [4.78, 5) is 20.0. The molecule has 4 atom stereocenters. The minimum atomic E-state index is -0.520. The molecule has 2 heterocycles. The Bertz CT molecular complexity index is 930. The summed E-state index contributed by atoms with van der Waals surface area (Å²) in [5.74, 6) is 0.778. The first kappa shape index (κ1) is 20.5. The number of rotatable bonds is 5. The van der Waals surface area contributed by atoms with Crippen LogP contribution in [-0.2, 0) is 6.54 Å². The molecule has 3 N–H and O–H groups in total. The largest absolute Gasteiger partial charge is 0.391 e. The number of likely N-dealkylation sites (tertiary alicyclic amines) is 1. The Morgan fingerprint density at radius 3 is 2.60 bits per heavy atom. The Balaban J connectivity index is 1.34. The van der Waals surface area contributed by atoms with E-state index in [4.69, 9.17) is 5.26 Å². The van der Waals surface area contributed by atoms with Crippen molar-refractivity contribution in [1.82, 2.24) is 15.2 Å². The smallest absolute Gasteiger partial charge is 0.251 e. The molecule has 4 rings (SSSR count). The van der Waals surface area contributed by atoms with Crippen molar-refractivity contribution in [3.63, 3.8) is 0 Å². The van der Waals surface area contributed by atoms with Crippen LogP contribution in [0.4, 0.5) is 5.69 Å². The van der Waals surface area contributed by atoms with Gasteiger partial charge in [0, 0.05) is 51.2 Å². The van der Waals surface area contributed by atoms with Crippen molar-refractivity contribution >= 4 is 11.6 Å². The second-order valence-corrected chi connectivity index (χ2v) is 8.81. The Labute approximate surface area is 177 Å². The van der Waals surface area contributed by atoms with Gasteiger partial charge in [0.25, 0.3) is 5.91 Å². The number of anilines is 1. The van der Waals surface area contributed by atoms with Crippen molar-refractivity contribution in [2.75, 3.05) is 32.1 Å². The molecule has 7 nitrogen and oxygen atoms in total. The number of hydrogen-bond acceptors (Lipinski definition) is 5. The molecule has 2 aliphatic rings. The van der Waals surface area contributed by atoms with Crippen LogP contribution in [0.5, 0.6) is 0 Å². The molecule has 30 heavy (non-hydrogen) atoms. The number of aromatic amines is 1. The van der Waals surface area contributed by atoms with E-state index in [-0.39, 0.29) is 11.9 Å². The summed E-state index contributed by atoms with van der Waals surface area (Å²) < 4.78 is 0. The molecular formula is C23H29N5O2. The molecule has 1 aliphatic heterocycles. The number of fused-ring (bicyclic) bond motifs is 1. The van der Waals surface area contributed by atoms with E-state index in [1.54, 1.807) is 0 Å². The summed E-state index contributed by atoms with van der Waals surface area (Å²) in [6, 6.07) is 11.3. The lowest BCUT2D eigenvalue weighted by Gasteiger charge is -2.35. The van der Waals surface area contributed by atoms with Crippen LogP contribution in [0.2, 0.25) is 0 Å². The topological polar surface area (TPSA) is 95.4 Å². The van der Waals surface area contributed by atoms with Gasteiger partial charge in [-0.05, 0) is 60.6 Å². The monoisotopic (exact) mass is 407 g/mol. The maximum absolute atomic E-state index is 12.7. The third kappa shape index (κ3) is 4.35. The zero-order valence-corrected chi connectivity index (χ0v) is 17.5. The molecule has 1 aliphatic carbocycles. The van der Waals surface area contributed by atoms with Crippen molar-refractivity contribution in [2.24, 2.45) is 11.8 Å². The van der Waals surface area contributed by atoms with Crippen molar-refractivity contribution in [2.45, 2.75) is 31.5 Å². The van der Waals surface area contributed by atoms with E-state index in [1.807, 2.05) is 55.5 Å². The van der Waals surface area contributed by atoms with Gasteiger partial charge < -0.3 is 20.3 Å². The van der Waals surface area contributed by atoms with Gasteiger partial charge in [0.2, 0.25) is 0 Å². The number of carbonyl (C=O) groups excluding carboxylic acids is 1. The van der Waals surface area contributed by atoms with E-state index in [2.05, 4.69) is 21.3 Å². The summed E-state index contributed by atoms with van der Waals surface area (Å²) in [6.45, 7) is 2.70. The van der Waals surface area contributed by atoms with E-state index < -0.39 is 6.10 Å². The second-order valence-electron chi connectivity index (χ2n) is 8.81. The maximum Gasteiger partial charge on any atom is 0.251 e. The minimum absolute atomic E-state index is 0.131. The number of carbonyl (C=O) groups is 1. The maximum atomic E-state index is 12.7. The number of H-pyrrole nitrogens is 1. The van der Waals surface area contributed by atoms with Crippen molar-refractivity contribution in [1.29, 1.82) is 5.26 Å². The SMILES string of the molecule is CN(C)c1ccc(C(=O)N[C@H]2C[C@H]3CN(Cc4c[nH]c(C#N)c4)C[C@H]3C[C@@H]2O)cc1. The molecule has 0 spiro atoms. The fraction of sp³-hybridized carbons (Fsp3) is 0.478. The third-order valence-corrected chi connectivity index (χ3v) is 6.45. The molecule has 2 fully saturated rings. The zero-order chi connectivity index (χ0) is 21.3. The average molecular weight is 408 g/mol. The number of hydrogen-bond donors (Lipinski definition) is 3. The fourth-order valence-electron chi connectivity index (χ4n) is 4.83. The lowest BCUT2D eigenvalue weighted by atomic mass is 9.77. The minimum Gasteiger partial charge on any atom is -0.391 e. The van der Waals surface area contributed by atoms with Crippen molar-refractivity contribution in [3.05, 3.63) is 53.3 Å². The van der Waals surface area contributed by atoms with E-state index in [9.17, 15) is 9.90 Å². The van der Waals surface area contributed by atoms with Crippen molar-refractivity contribution < 1.29 is 9.90 Å². The van der Waals surface area contributed by atoms with Crippen LogP contribution < -0.4 is 10.2 Å². The van der Waals surface area contributed by atoms with Gasteiger partial charge in [-0.25, -0.2) is 0 Å². The molecule has 7 heteroatoms. The molecule has 1 saturated carbocycles. The summed E-state index contributed by atoms with van der Waals surface area (Å²) in [7, 11) is 3.93. The van der Waals surface area contributed by atoms with E-state index in [1.165, 1.54) is 0 Å². The van der Waals surface area contributed by atoms with Gasteiger partial charge in [-0.1, -0.05) is 0 Å². The molecule has 0 unspecified atom stereocenters. The quantitative estimate of drug-likeness (QED) is 0.704. The van der Waals surface area contributed by atoms with Crippen molar-refractivity contribution in [3.8, 4) is 6.07 Å². The van der Waals surface area contributed by atoms with Gasteiger partial charge in [0.1, 0.15) is 11.8 Å². The highest BCUT2D eigenvalue weighted by molar-refractivity contribution is 5.94. The van der Waals surface area contributed by atoms with Gasteiger partial charge in [-0.15, -0.1) is 0 Å². The summed E-state index contributed by atoms with van der Waals surface area (Å²) in [5, 5.41) is 22.7. The molecular weight excluding hydrogens is 378 g/mol. The Hall–Kier alpha value is -2.82. The molecule has 0 radical (unpaired) electrons. The molecule has 0 bridgehead atoms. The Kier molecular flexibility index (Phi) is 5.80. The summed E-state index contributed by atoms with van der Waals surface area (Å²) in [5.41, 5.74) is 3.35. The first-order chi connectivity index (χ1) is 14.4. The molecule has 1 aromatic heterocycles. The summed E-state index contributed by atoms with van der Waals surface area (Å²) >= 11 is 0. The lowest BCUT2D eigenvalue weighted by molar-refractivity contribution is 0.0461. The number of benzene rings is 1. The van der Waals surface area contributed by atoms with Crippen LogP contribution in [0.1, 0.15) is 34.5 Å². The van der Waals surface area contributed by atoms with Gasteiger partial charge >= 0.3 is 0 Å². The third-order valence-electron chi connectivity index (χ3n) is 6.45. The molecule has 1 amide bonds. The number of aromatic nitrogens is 1. The van der Waals surface area contributed by atoms with E-state index >= 15 is 0 Å². The standard InChI is InChI=1S/C23H29N5O2/c1-27(2)20-5-3-16(4-6-20)23(30)26-21-8-17-13-28(14-18(17)9-22(21)29)12-15-7-19(10-24)25-11-15/h3-7,11,17-18,21-22,25,29H,8-9,12-14H2,1-2H3,(H,26,30)/t17-,18+,21-,22-/m0/s1. The predicted octanol–water partition coefficient (Wildman–Crippen LogP) is 1.95. The van der Waals surface area contributed by atoms with Crippen LogP contribution in [-0.4, -0.2) is 60.2 Å². The van der Waals surface area contributed by atoms with Gasteiger partial charge in [-0.3, -0.25) is 9.69 Å². The van der Waals surface area contributed by atoms with Crippen LogP contribution >= 0.6 is 0 Å². The lowest BCUT2D eigenvalue weighted by Crippen LogP contribution is -2.49. The number of aliphatic hydroxyl groups is 1. The number of nitriles is 1. The molecule has 1 aromatic carbocycles. The molecule has 1 saturated heterocycles. The first-order valence-corrected chi connectivity index (χ1v) is 10.5. The van der Waals surface area contributed by atoms with Crippen LogP contribution in [0.25, 0.3) is 0 Å². The first-order valence-electron chi connectivity index (χ1n) is 10.5.